The molecule has 1 aliphatic heterocycles. The second kappa shape index (κ2) is 8.04. The van der Waals surface area contributed by atoms with E-state index in [1.165, 1.54) is 29.8 Å². The molecule has 2 aliphatic rings. The summed E-state index contributed by atoms with van der Waals surface area (Å²) in [5, 5.41) is 3.67. The number of carbonyl (C=O) groups is 1. The molecule has 1 saturated heterocycles. The van der Waals surface area contributed by atoms with Crippen LogP contribution in [0.3, 0.4) is 0 Å². The normalized spacial score (nSPS) is 19.1. The number of piperidine rings is 1. The lowest BCUT2D eigenvalue weighted by atomic mass is 10.0. The fraction of sp³-hybridized carbons (Fsp3) is 0.611. The fourth-order valence-corrected chi connectivity index (χ4v) is 4.38. The Hall–Kier alpha value is -0.520. The maximum atomic E-state index is 12.4. The number of nitrogens with one attached hydrogen (secondary N) is 1. The predicted octanol–water partition coefficient (Wildman–Crippen LogP) is 3.84. The lowest BCUT2D eigenvalue weighted by Crippen LogP contribution is -2.45. The molecule has 1 aliphatic carbocycles. The van der Waals surface area contributed by atoms with Crippen molar-refractivity contribution in [3.05, 3.63) is 28.2 Å². The minimum absolute atomic E-state index is 0.276. The Labute approximate surface area is 151 Å². The van der Waals surface area contributed by atoms with E-state index in [9.17, 15) is 4.79 Å². The number of nitrogens with zero attached hydrogens (tertiary/aromatic N) is 1. The third-order valence-corrected chi connectivity index (χ3v) is 6.38. The highest BCUT2D eigenvalue weighted by molar-refractivity contribution is 9.10. The molecule has 1 amide bonds. The highest BCUT2D eigenvalue weighted by Crippen LogP contribution is 2.28. The Morgan fingerprint density at radius 3 is 2.70 bits per heavy atom. The number of benzene rings is 1. The number of thioether (sulfide) groups is 1. The van der Waals surface area contributed by atoms with Gasteiger partial charge >= 0.3 is 0 Å². The zero-order chi connectivity index (χ0) is 16.2. The summed E-state index contributed by atoms with van der Waals surface area (Å²) in [6, 6.07) is 6.84. The molecular formula is C18H25BrN2OS. The fourth-order valence-electron chi connectivity index (χ4n) is 2.99. The zero-order valence-electron chi connectivity index (χ0n) is 13.7. The van der Waals surface area contributed by atoms with Crippen LogP contribution in [0.5, 0.6) is 0 Å². The van der Waals surface area contributed by atoms with Gasteiger partial charge in [0, 0.05) is 28.5 Å². The number of aryl methyl sites for hydroxylation is 1. The number of likely N-dealkylation sites (tertiary alicyclic amines) is 1. The molecule has 3 rings (SSSR count). The van der Waals surface area contributed by atoms with Gasteiger partial charge in [-0.3, -0.25) is 4.79 Å². The topological polar surface area (TPSA) is 32.3 Å². The van der Waals surface area contributed by atoms with Crippen LogP contribution in [-0.2, 0) is 4.79 Å². The van der Waals surface area contributed by atoms with Crippen LogP contribution in [0.2, 0.25) is 0 Å². The Kier molecular flexibility index (Phi) is 6.05. The molecule has 5 heteroatoms. The predicted molar refractivity (Wildman–Crippen MR) is 99.9 cm³/mol. The van der Waals surface area contributed by atoms with Crippen LogP contribution in [0, 0.1) is 12.8 Å². The molecule has 1 aromatic rings. The molecule has 0 radical (unpaired) electrons. The molecule has 0 atom stereocenters. The van der Waals surface area contributed by atoms with Crippen LogP contribution >= 0.6 is 27.7 Å². The summed E-state index contributed by atoms with van der Waals surface area (Å²) in [6.07, 6.45) is 4.99. The van der Waals surface area contributed by atoms with Crippen molar-refractivity contribution in [1.82, 2.24) is 10.2 Å². The summed E-state index contributed by atoms with van der Waals surface area (Å²) in [7, 11) is 0. The molecule has 126 valence electrons. The van der Waals surface area contributed by atoms with Crippen molar-refractivity contribution < 1.29 is 4.79 Å². The number of amides is 1. The van der Waals surface area contributed by atoms with Gasteiger partial charge in [-0.15, -0.1) is 11.8 Å². The van der Waals surface area contributed by atoms with Gasteiger partial charge in [0.2, 0.25) is 5.91 Å². The lowest BCUT2D eigenvalue weighted by Gasteiger charge is -2.32. The smallest absolute Gasteiger partial charge is 0.232 e. The highest BCUT2D eigenvalue weighted by atomic mass is 79.9. The molecule has 1 aromatic carbocycles. The summed E-state index contributed by atoms with van der Waals surface area (Å²) in [5.41, 5.74) is 1.22. The number of carbonyl (C=O) groups excluding carboxylic acids is 1. The molecule has 2 fully saturated rings. The van der Waals surface area contributed by atoms with E-state index in [0.717, 1.165) is 36.3 Å². The van der Waals surface area contributed by atoms with Gasteiger partial charge in [0.1, 0.15) is 0 Å². The number of hydrogen-bond acceptors (Lipinski definition) is 3. The second-order valence-electron chi connectivity index (χ2n) is 6.71. The average molecular weight is 397 g/mol. The first-order valence-electron chi connectivity index (χ1n) is 8.52. The Morgan fingerprint density at radius 1 is 1.30 bits per heavy atom. The SMILES string of the molecule is Cc1cc(Br)ccc1SCC(=O)N1CCC(NCC2CC2)CC1. The van der Waals surface area contributed by atoms with Crippen LogP contribution in [0.15, 0.2) is 27.6 Å². The Morgan fingerprint density at radius 2 is 2.04 bits per heavy atom. The summed E-state index contributed by atoms with van der Waals surface area (Å²) in [4.78, 5) is 15.6. The maximum Gasteiger partial charge on any atom is 0.232 e. The van der Waals surface area contributed by atoms with Crippen molar-refractivity contribution in [3.63, 3.8) is 0 Å². The number of halogens is 1. The van der Waals surface area contributed by atoms with Crippen LogP contribution in [-0.4, -0.2) is 42.2 Å². The van der Waals surface area contributed by atoms with Crippen LogP contribution < -0.4 is 5.32 Å². The molecule has 1 saturated carbocycles. The first-order valence-corrected chi connectivity index (χ1v) is 10.3. The van der Waals surface area contributed by atoms with Gasteiger partial charge in [-0.05, 0) is 68.8 Å². The Bertz CT molecular complexity index is 554. The molecule has 0 spiro atoms. The van der Waals surface area contributed by atoms with Gasteiger partial charge in [0.25, 0.3) is 0 Å². The molecule has 0 aromatic heterocycles. The lowest BCUT2D eigenvalue weighted by molar-refractivity contribution is -0.129. The van der Waals surface area contributed by atoms with Gasteiger partial charge < -0.3 is 10.2 Å². The van der Waals surface area contributed by atoms with Crippen molar-refractivity contribution in [3.8, 4) is 0 Å². The van der Waals surface area contributed by atoms with Gasteiger partial charge in [0.15, 0.2) is 0 Å². The molecule has 3 nitrogen and oxygen atoms in total. The first-order chi connectivity index (χ1) is 11.1. The molecule has 0 bridgehead atoms. The molecule has 23 heavy (non-hydrogen) atoms. The summed E-state index contributed by atoms with van der Waals surface area (Å²) < 4.78 is 1.09. The quantitative estimate of drug-likeness (QED) is 0.741. The van der Waals surface area contributed by atoms with E-state index in [1.54, 1.807) is 11.8 Å². The second-order valence-corrected chi connectivity index (χ2v) is 8.64. The van der Waals surface area contributed by atoms with E-state index in [4.69, 9.17) is 0 Å². The van der Waals surface area contributed by atoms with Crippen molar-refractivity contribution in [1.29, 1.82) is 0 Å². The van der Waals surface area contributed by atoms with Crippen LogP contribution in [0.1, 0.15) is 31.2 Å². The minimum Gasteiger partial charge on any atom is -0.342 e. The van der Waals surface area contributed by atoms with E-state index in [1.807, 2.05) is 11.0 Å². The first kappa shape index (κ1) is 17.3. The van der Waals surface area contributed by atoms with Crippen LogP contribution in [0.25, 0.3) is 0 Å². The molecule has 1 heterocycles. The van der Waals surface area contributed by atoms with Gasteiger partial charge in [-0.25, -0.2) is 0 Å². The monoisotopic (exact) mass is 396 g/mol. The summed E-state index contributed by atoms with van der Waals surface area (Å²) >= 11 is 5.13. The van der Waals surface area contributed by atoms with E-state index < -0.39 is 0 Å². The van der Waals surface area contributed by atoms with Crippen molar-refractivity contribution >= 4 is 33.6 Å². The highest BCUT2D eigenvalue weighted by Gasteiger charge is 2.25. The number of rotatable bonds is 6. The van der Waals surface area contributed by atoms with Crippen molar-refractivity contribution in [2.45, 2.75) is 43.5 Å². The van der Waals surface area contributed by atoms with E-state index >= 15 is 0 Å². The van der Waals surface area contributed by atoms with Crippen molar-refractivity contribution in [2.75, 3.05) is 25.4 Å². The average Bonchev–Trinajstić information content (AvgIpc) is 3.37. The molecule has 0 unspecified atom stereocenters. The Balaban J connectivity index is 1.40. The van der Waals surface area contributed by atoms with Crippen LogP contribution in [0.4, 0.5) is 0 Å². The van der Waals surface area contributed by atoms with E-state index in [2.05, 4.69) is 40.3 Å². The van der Waals surface area contributed by atoms with E-state index in [0.29, 0.717) is 11.8 Å². The zero-order valence-corrected chi connectivity index (χ0v) is 16.1. The maximum absolute atomic E-state index is 12.4. The third kappa shape index (κ3) is 5.23. The molecule has 1 N–H and O–H groups in total. The van der Waals surface area contributed by atoms with Gasteiger partial charge in [-0.2, -0.15) is 0 Å². The minimum atomic E-state index is 0.276. The third-order valence-electron chi connectivity index (χ3n) is 4.73. The molecular weight excluding hydrogens is 372 g/mol. The van der Waals surface area contributed by atoms with Gasteiger partial charge in [0.05, 0.1) is 5.75 Å². The van der Waals surface area contributed by atoms with Crippen molar-refractivity contribution in [2.24, 2.45) is 5.92 Å². The summed E-state index contributed by atoms with van der Waals surface area (Å²) in [6.45, 7) is 5.08. The van der Waals surface area contributed by atoms with E-state index in [-0.39, 0.29) is 5.91 Å². The van der Waals surface area contributed by atoms with Gasteiger partial charge in [-0.1, -0.05) is 15.9 Å². The standard InChI is InChI=1S/C18H25BrN2OS/c1-13-10-15(19)4-5-17(13)23-12-18(22)21-8-6-16(7-9-21)20-11-14-2-3-14/h4-5,10,14,16,20H,2-3,6-9,11-12H2,1H3. The summed E-state index contributed by atoms with van der Waals surface area (Å²) in [5.74, 6) is 1.75. The number of hydrogen-bond donors (Lipinski definition) is 1. The largest absolute Gasteiger partial charge is 0.342 e.